The third kappa shape index (κ3) is 2.21. The van der Waals surface area contributed by atoms with Gasteiger partial charge in [0.15, 0.2) is 11.0 Å². The topological polar surface area (TPSA) is 50.4 Å². The summed E-state index contributed by atoms with van der Waals surface area (Å²) in [5, 5.41) is 10.2. The summed E-state index contributed by atoms with van der Waals surface area (Å²) in [4.78, 5) is 12.1. The molecule has 3 aromatic rings. The molecule has 3 rings (SSSR count). The van der Waals surface area contributed by atoms with Crippen LogP contribution >= 0.6 is 27.5 Å². The largest absolute Gasteiger partial charge is 0.508 e. The first-order valence-electron chi connectivity index (χ1n) is 5.77. The first-order valence-corrected chi connectivity index (χ1v) is 6.94. The first-order chi connectivity index (χ1) is 9.56. The highest BCUT2D eigenvalue weighted by molar-refractivity contribution is 9.10. The number of phenols is 1. The van der Waals surface area contributed by atoms with E-state index in [0.29, 0.717) is 31.8 Å². The Labute approximate surface area is 127 Å². The zero-order chi connectivity index (χ0) is 14.3. The second-order valence-electron chi connectivity index (χ2n) is 4.26. The van der Waals surface area contributed by atoms with Crippen LogP contribution < -0.4 is 5.43 Å². The zero-order valence-electron chi connectivity index (χ0n) is 10.1. The molecular formula is C15H8BrClO3. The summed E-state index contributed by atoms with van der Waals surface area (Å²) in [5.74, 6) is 0.518. The summed E-state index contributed by atoms with van der Waals surface area (Å²) in [7, 11) is 0. The number of hydrogen-bond donors (Lipinski definition) is 1. The van der Waals surface area contributed by atoms with Crippen molar-refractivity contribution in [3.05, 3.63) is 62.2 Å². The summed E-state index contributed by atoms with van der Waals surface area (Å²) < 4.78 is 6.37. The number of benzene rings is 2. The van der Waals surface area contributed by atoms with E-state index >= 15 is 0 Å². The quantitative estimate of drug-likeness (QED) is 0.698. The SMILES string of the molecule is O=c1cc(-c2ccc(O)cc2Br)oc2c(Cl)cccc12. The standard InChI is InChI=1S/C15H8BrClO3/c16-11-6-8(18)4-5-9(11)14-7-13(19)10-2-1-3-12(17)15(10)20-14/h1-7,18H. The molecule has 0 amide bonds. The first kappa shape index (κ1) is 13.2. The monoisotopic (exact) mass is 350 g/mol. The van der Waals surface area contributed by atoms with E-state index < -0.39 is 0 Å². The smallest absolute Gasteiger partial charge is 0.193 e. The molecule has 5 heteroatoms. The molecule has 0 fully saturated rings. The van der Waals surface area contributed by atoms with Gasteiger partial charge in [-0.1, -0.05) is 17.7 Å². The average Bonchev–Trinajstić information content (AvgIpc) is 2.40. The van der Waals surface area contributed by atoms with Crippen LogP contribution in [0, 0.1) is 0 Å². The van der Waals surface area contributed by atoms with Gasteiger partial charge in [0.05, 0.1) is 10.4 Å². The number of aromatic hydroxyl groups is 1. The van der Waals surface area contributed by atoms with Gasteiger partial charge in [0.1, 0.15) is 11.5 Å². The van der Waals surface area contributed by atoms with Crippen molar-refractivity contribution in [3.8, 4) is 17.1 Å². The van der Waals surface area contributed by atoms with Crippen molar-refractivity contribution in [1.29, 1.82) is 0 Å². The van der Waals surface area contributed by atoms with Crippen LogP contribution in [0.4, 0.5) is 0 Å². The highest BCUT2D eigenvalue weighted by atomic mass is 79.9. The van der Waals surface area contributed by atoms with Gasteiger partial charge in [-0.3, -0.25) is 4.79 Å². The van der Waals surface area contributed by atoms with Gasteiger partial charge >= 0.3 is 0 Å². The van der Waals surface area contributed by atoms with Crippen LogP contribution in [0.1, 0.15) is 0 Å². The molecule has 100 valence electrons. The summed E-state index contributed by atoms with van der Waals surface area (Å²) in [6, 6.07) is 11.2. The molecule has 0 spiro atoms. The lowest BCUT2D eigenvalue weighted by Gasteiger charge is -2.06. The molecule has 0 atom stereocenters. The van der Waals surface area contributed by atoms with Crippen molar-refractivity contribution >= 4 is 38.5 Å². The van der Waals surface area contributed by atoms with Crippen molar-refractivity contribution in [2.45, 2.75) is 0 Å². The summed E-state index contributed by atoms with van der Waals surface area (Å²) in [6.45, 7) is 0. The van der Waals surface area contributed by atoms with Crippen molar-refractivity contribution in [2.75, 3.05) is 0 Å². The Kier molecular flexibility index (Phi) is 3.28. The molecule has 0 aliphatic rings. The van der Waals surface area contributed by atoms with Crippen LogP contribution in [0.3, 0.4) is 0 Å². The predicted molar refractivity (Wildman–Crippen MR) is 82.3 cm³/mol. The average molecular weight is 352 g/mol. The van der Waals surface area contributed by atoms with Gasteiger partial charge in [-0.2, -0.15) is 0 Å². The molecule has 0 saturated carbocycles. The number of hydrogen-bond acceptors (Lipinski definition) is 3. The van der Waals surface area contributed by atoms with E-state index in [1.54, 1.807) is 24.3 Å². The Morgan fingerprint density at radius 3 is 2.70 bits per heavy atom. The minimum atomic E-state index is -0.163. The van der Waals surface area contributed by atoms with Crippen LogP contribution in [0.25, 0.3) is 22.3 Å². The lowest BCUT2D eigenvalue weighted by atomic mass is 10.1. The number of rotatable bonds is 1. The summed E-state index contributed by atoms with van der Waals surface area (Å²) in [5.41, 5.74) is 0.863. The lowest BCUT2D eigenvalue weighted by molar-refractivity contribution is 0.475. The van der Waals surface area contributed by atoms with E-state index in [-0.39, 0.29) is 11.2 Å². The number of halogens is 2. The van der Waals surface area contributed by atoms with Gasteiger partial charge in [-0.05, 0) is 46.3 Å². The normalized spacial score (nSPS) is 10.9. The maximum atomic E-state index is 12.1. The molecule has 3 nitrogen and oxygen atoms in total. The zero-order valence-corrected chi connectivity index (χ0v) is 12.4. The number of para-hydroxylation sites is 1. The van der Waals surface area contributed by atoms with Gasteiger partial charge in [0.2, 0.25) is 0 Å². The molecule has 0 aliphatic heterocycles. The molecule has 2 aromatic carbocycles. The van der Waals surface area contributed by atoms with Crippen molar-refractivity contribution < 1.29 is 9.52 Å². The van der Waals surface area contributed by atoms with Crippen LogP contribution in [-0.2, 0) is 0 Å². The van der Waals surface area contributed by atoms with Gasteiger partial charge in [-0.15, -0.1) is 0 Å². The second-order valence-corrected chi connectivity index (χ2v) is 5.52. The molecule has 0 saturated heterocycles. The predicted octanol–water partition coefficient (Wildman–Crippen LogP) is 4.58. The third-order valence-corrected chi connectivity index (χ3v) is 3.88. The Balaban J connectivity index is 2.32. The highest BCUT2D eigenvalue weighted by Crippen LogP contribution is 2.33. The number of phenolic OH excluding ortho intramolecular Hbond substituents is 1. The molecule has 0 unspecified atom stereocenters. The lowest BCUT2D eigenvalue weighted by Crippen LogP contribution is -2.00. The van der Waals surface area contributed by atoms with E-state index in [0.717, 1.165) is 0 Å². The minimum absolute atomic E-state index is 0.127. The summed E-state index contributed by atoms with van der Waals surface area (Å²) in [6.07, 6.45) is 0. The van der Waals surface area contributed by atoms with Gasteiger partial charge in [-0.25, -0.2) is 0 Å². The molecule has 0 aliphatic carbocycles. The van der Waals surface area contributed by atoms with E-state index in [1.165, 1.54) is 18.2 Å². The molecule has 1 N–H and O–H groups in total. The van der Waals surface area contributed by atoms with Gasteiger partial charge < -0.3 is 9.52 Å². The van der Waals surface area contributed by atoms with Crippen molar-refractivity contribution in [1.82, 2.24) is 0 Å². The molecule has 20 heavy (non-hydrogen) atoms. The van der Waals surface area contributed by atoms with Crippen LogP contribution in [0.15, 0.2) is 56.1 Å². The maximum absolute atomic E-state index is 12.1. The Hall–Kier alpha value is -1.78. The second kappa shape index (κ2) is 4.96. The molecule has 0 bridgehead atoms. The highest BCUT2D eigenvalue weighted by Gasteiger charge is 2.12. The van der Waals surface area contributed by atoms with Crippen LogP contribution in [-0.4, -0.2) is 5.11 Å². The van der Waals surface area contributed by atoms with E-state index in [1.807, 2.05) is 0 Å². The maximum Gasteiger partial charge on any atom is 0.193 e. The fourth-order valence-corrected chi connectivity index (χ4v) is 2.75. The third-order valence-electron chi connectivity index (χ3n) is 2.92. The minimum Gasteiger partial charge on any atom is -0.508 e. The van der Waals surface area contributed by atoms with Crippen molar-refractivity contribution in [2.24, 2.45) is 0 Å². The van der Waals surface area contributed by atoms with E-state index in [2.05, 4.69) is 15.9 Å². The van der Waals surface area contributed by atoms with Gasteiger partial charge in [0.25, 0.3) is 0 Å². The van der Waals surface area contributed by atoms with Crippen LogP contribution in [0.2, 0.25) is 5.02 Å². The Morgan fingerprint density at radius 1 is 1.15 bits per heavy atom. The number of fused-ring (bicyclic) bond motifs is 1. The summed E-state index contributed by atoms with van der Waals surface area (Å²) >= 11 is 9.41. The van der Waals surface area contributed by atoms with Crippen LogP contribution in [0.5, 0.6) is 5.75 Å². The molecule has 1 heterocycles. The van der Waals surface area contributed by atoms with E-state index in [4.69, 9.17) is 16.0 Å². The molecule has 0 radical (unpaired) electrons. The molecular weight excluding hydrogens is 344 g/mol. The Morgan fingerprint density at radius 2 is 1.95 bits per heavy atom. The fourth-order valence-electron chi connectivity index (χ4n) is 1.98. The van der Waals surface area contributed by atoms with Crippen molar-refractivity contribution in [3.63, 3.8) is 0 Å². The van der Waals surface area contributed by atoms with Gasteiger partial charge in [0, 0.05) is 16.1 Å². The fraction of sp³-hybridized carbons (Fsp3) is 0. The molecule has 1 aromatic heterocycles. The Bertz CT molecular complexity index is 871. The van der Waals surface area contributed by atoms with E-state index in [9.17, 15) is 9.90 Å².